The van der Waals surface area contributed by atoms with Crippen molar-refractivity contribution in [1.29, 1.82) is 0 Å². The summed E-state index contributed by atoms with van der Waals surface area (Å²) in [6.45, 7) is 3.86. The highest BCUT2D eigenvalue weighted by atomic mass is 16.1. The van der Waals surface area contributed by atoms with Crippen LogP contribution in [0.3, 0.4) is 0 Å². The maximum Gasteiger partial charge on any atom is 0.262 e. The molecule has 3 heterocycles. The molecule has 0 amide bonds. The summed E-state index contributed by atoms with van der Waals surface area (Å²) >= 11 is 0. The molecule has 1 unspecified atom stereocenters. The predicted molar refractivity (Wildman–Crippen MR) is 113 cm³/mol. The lowest BCUT2D eigenvalue weighted by atomic mass is 9.78. The summed E-state index contributed by atoms with van der Waals surface area (Å²) in [4.78, 5) is 40.1. The molecule has 1 aliphatic carbocycles. The van der Waals surface area contributed by atoms with Gasteiger partial charge in [0.2, 0.25) is 5.95 Å². The highest BCUT2D eigenvalue weighted by Crippen LogP contribution is 2.36. The van der Waals surface area contributed by atoms with Crippen molar-refractivity contribution < 1.29 is 4.79 Å². The lowest BCUT2D eigenvalue weighted by Gasteiger charge is -2.28. The first kappa shape index (κ1) is 18.0. The van der Waals surface area contributed by atoms with Crippen LogP contribution < -0.4 is 10.5 Å². The molecule has 5 rings (SSSR count). The molecule has 6 nitrogen and oxygen atoms in total. The Bertz CT molecular complexity index is 1160. The standard InChI is InChI=1S/C23H24N4O2/c1-14-7-3-4-8-16(14)15-11-17-18(19(28)12-15)13-24-21-20(17)22(29)26-23(25-21)27-9-5-2-6-10-27/h3-4,7-8,13,15H,2,5-6,9-12H2,1H3,(H,24,25,26,29). The number of carbonyl (C=O) groups is 1. The number of H-pyrrole nitrogens is 1. The number of Topliss-reactive ketones (excluding diaryl/α,β-unsaturated/α-hetero) is 1. The van der Waals surface area contributed by atoms with Crippen molar-refractivity contribution in [2.24, 2.45) is 0 Å². The Labute approximate surface area is 169 Å². The fraction of sp³-hybridized carbons (Fsp3) is 0.391. The van der Waals surface area contributed by atoms with Crippen molar-refractivity contribution in [1.82, 2.24) is 15.0 Å². The first-order valence-corrected chi connectivity index (χ1v) is 10.4. The first-order chi connectivity index (χ1) is 14.1. The molecule has 1 atom stereocenters. The number of piperidine rings is 1. The normalized spacial score (nSPS) is 19.4. The second-order valence-electron chi connectivity index (χ2n) is 8.17. The topological polar surface area (TPSA) is 79.0 Å². The molecule has 0 bridgehead atoms. The number of ketones is 1. The molecule has 2 aromatic heterocycles. The second-order valence-corrected chi connectivity index (χ2v) is 8.17. The van der Waals surface area contributed by atoms with Gasteiger partial charge in [-0.1, -0.05) is 24.3 Å². The summed E-state index contributed by atoms with van der Waals surface area (Å²) in [6.07, 6.45) is 6.13. The van der Waals surface area contributed by atoms with E-state index in [-0.39, 0.29) is 17.3 Å². The van der Waals surface area contributed by atoms with E-state index in [9.17, 15) is 9.59 Å². The van der Waals surface area contributed by atoms with Gasteiger partial charge in [-0.15, -0.1) is 0 Å². The average molecular weight is 388 g/mol. The maximum atomic E-state index is 13.1. The van der Waals surface area contributed by atoms with E-state index in [4.69, 9.17) is 0 Å². The number of nitrogens with zero attached hydrogens (tertiary/aromatic N) is 3. The SMILES string of the molecule is Cc1ccccc1C1CC(=O)c2cnc3nc(N4CCCCC4)[nH]c(=O)c3c2C1. The summed E-state index contributed by atoms with van der Waals surface area (Å²) in [6, 6.07) is 8.16. The number of benzene rings is 1. The minimum atomic E-state index is -0.196. The Morgan fingerprint density at radius 3 is 2.66 bits per heavy atom. The van der Waals surface area contributed by atoms with Gasteiger partial charge in [-0.25, -0.2) is 4.98 Å². The number of fused-ring (bicyclic) bond motifs is 3. The zero-order chi connectivity index (χ0) is 20.0. The predicted octanol–water partition coefficient (Wildman–Crippen LogP) is 3.53. The summed E-state index contributed by atoms with van der Waals surface area (Å²) < 4.78 is 0. The van der Waals surface area contributed by atoms with E-state index in [1.807, 2.05) is 12.1 Å². The molecule has 1 saturated heterocycles. The molecule has 0 radical (unpaired) electrons. The first-order valence-electron chi connectivity index (χ1n) is 10.4. The van der Waals surface area contributed by atoms with Crippen molar-refractivity contribution >= 4 is 22.8 Å². The molecule has 0 saturated carbocycles. The number of pyridine rings is 1. The Morgan fingerprint density at radius 2 is 1.86 bits per heavy atom. The maximum absolute atomic E-state index is 13.1. The zero-order valence-electron chi connectivity index (χ0n) is 16.6. The van der Waals surface area contributed by atoms with E-state index in [0.717, 1.165) is 31.5 Å². The van der Waals surface area contributed by atoms with Crippen LogP contribution in [0.4, 0.5) is 5.95 Å². The minimum absolute atomic E-state index is 0.0495. The Morgan fingerprint density at radius 1 is 1.07 bits per heavy atom. The highest BCUT2D eigenvalue weighted by molar-refractivity contribution is 6.02. The van der Waals surface area contributed by atoms with Crippen molar-refractivity contribution in [3.05, 3.63) is 63.1 Å². The fourth-order valence-electron chi connectivity index (χ4n) is 4.78. The van der Waals surface area contributed by atoms with Gasteiger partial charge in [0.15, 0.2) is 11.4 Å². The number of hydrogen-bond donors (Lipinski definition) is 1. The van der Waals surface area contributed by atoms with Crippen molar-refractivity contribution in [2.75, 3.05) is 18.0 Å². The van der Waals surface area contributed by atoms with Gasteiger partial charge >= 0.3 is 0 Å². The van der Waals surface area contributed by atoms with Crippen LogP contribution in [0.2, 0.25) is 0 Å². The van der Waals surface area contributed by atoms with E-state index < -0.39 is 0 Å². The van der Waals surface area contributed by atoms with E-state index >= 15 is 0 Å². The Hall–Kier alpha value is -3.02. The molecular formula is C23H24N4O2. The number of aromatic amines is 1. The average Bonchev–Trinajstić information content (AvgIpc) is 2.74. The lowest BCUT2D eigenvalue weighted by Crippen LogP contribution is -2.33. The van der Waals surface area contributed by atoms with Gasteiger partial charge in [-0.2, -0.15) is 4.98 Å². The van der Waals surface area contributed by atoms with Crippen LogP contribution in [-0.2, 0) is 6.42 Å². The molecule has 0 spiro atoms. The summed E-state index contributed by atoms with van der Waals surface area (Å²) in [5.74, 6) is 0.712. The number of nitrogens with one attached hydrogen (secondary N) is 1. The summed E-state index contributed by atoms with van der Waals surface area (Å²) in [5.41, 5.74) is 3.94. The van der Waals surface area contributed by atoms with Crippen molar-refractivity contribution in [3.8, 4) is 0 Å². The number of rotatable bonds is 2. The highest BCUT2D eigenvalue weighted by Gasteiger charge is 2.30. The van der Waals surface area contributed by atoms with Gasteiger partial charge < -0.3 is 4.90 Å². The van der Waals surface area contributed by atoms with Crippen LogP contribution in [0.1, 0.15) is 58.6 Å². The molecular weight excluding hydrogens is 364 g/mol. The van der Waals surface area contributed by atoms with Crippen LogP contribution in [-0.4, -0.2) is 33.8 Å². The monoisotopic (exact) mass is 388 g/mol. The Balaban J connectivity index is 1.61. The molecule has 1 fully saturated rings. The molecule has 1 N–H and O–H groups in total. The lowest BCUT2D eigenvalue weighted by molar-refractivity contribution is 0.0964. The molecule has 3 aromatic rings. The van der Waals surface area contributed by atoms with Gasteiger partial charge in [0, 0.05) is 31.3 Å². The van der Waals surface area contributed by atoms with Crippen LogP contribution in [0.5, 0.6) is 0 Å². The number of hydrogen-bond acceptors (Lipinski definition) is 5. The van der Waals surface area contributed by atoms with E-state index in [2.05, 4.69) is 38.9 Å². The van der Waals surface area contributed by atoms with Crippen LogP contribution >= 0.6 is 0 Å². The third kappa shape index (κ3) is 3.12. The largest absolute Gasteiger partial charge is 0.342 e. The van der Waals surface area contributed by atoms with Gasteiger partial charge in [0.25, 0.3) is 5.56 Å². The number of anilines is 1. The zero-order valence-corrected chi connectivity index (χ0v) is 16.6. The molecule has 6 heteroatoms. The molecule has 1 aromatic carbocycles. The van der Waals surface area contributed by atoms with Gasteiger partial charge in [0.05, 0.1) is 5.39 Å². The summed E-state index contributed by atoms with van der Waals surface area (Å²) in [5, 5.41) is 0.467. The number of aryl methyl sites for hydroxylation is 1. The van der Waals surface area contributed by atoms with Gasteiger partial charge in [0.1, 0.15) is 0 Å². The molecule has 29 heavy (non-hydrogen) atoms. The smallest absolute Gasteiger partial charge is 0.262 e. The molecule has 2 aliphatic rings. The van der Waals surface area contributed by atoms with Crippen molar-refractivity contribution in [3.63, 3.8) is 0 Å². The second kappa shape index (κ2) is 7.10. The third-order valence-electron chi connectivity index (χ3n) is 6.30. The van der Waals surface area contributed by atoms with Crippen molar-refractivity contribution in [2.45, 2.75) is 44.9 Å². The number of carbonyl (C=O) groups excluding carboxylic acids is 1. The Kier molecular flexibility index (Phi) is 4.42. The van der Waals surface area contributed by atoms with Crippen LogP contribution in [0.15, 0.2) is 35.3 Å². The molecule has 148 valence electrons. The summed E-state index contributed by atoms with van der Waals surface area (Å²) in [7, 11) is 0. The minimum Gasteiger partial charge on any atom is -0.342 e. The number of aromatic nitrogens is 3. The van der Waals surface area contributed by atoms with Gasteiger partial charge in [-0.3, -0.25) is 14.6 Å². The van der Waals surface area contributed by atoms with Gasteiger partial charge in [-0.05, 0) is 55.2 Å². The van der Waals surface area contributed by atoms with Crippen LogP contribution in [0.25, 0.3) is 11.0 Å². The molecule has 1 aliphatic heterocycles. The van der Waals surface area contributed by atoms with E-state index in [1.165, 1.54) is 17.5 Å². The van der Waals surface area contributed by atoms with Crippen LogP contribution in [0, 0.1) is 6.92 Å². The van der Waals surface area contributed by atoms with E-state index in [1.54, 1.807) is 6.20 Å². The van der Waals surface area contributed by atoms with E-state index in [0.29, 0.717) is 35.4 Å². The third-order valence-corrected chi connectivity index (χ3v) is 6.30. The quantitative estimate of drug-likeness (QED) is 0.727. The fourth-order valence-corrected chi connectivity index (χ4v) is 4.78.